The maximum atomic E-state index is 11.2. The third-order valence-electron chi connectivity index (χ3n) is 2.87. The second-order valence-corrected chi connectivity index (χ2v) is 4.45. The van der Waals surface area contributed by atoms with Crippen LogP contribution in [0.3, 0.4) is 0 Å². The molecule has 0 saturated heterocycles. The molecule has 1 heterocycles. The number of hydrogen-bond acceptors (Lipinski definition) is 5. The van der Waals surface area contributed by atoms with E-state index in [0.717, 1.165) is 11.3 Å². The summed E-state index contributed by atoms with van der Waals surface area (Å²) in [6.45, 7) is 0.420. The van der Waals surface area contributed by atoms with Gasteiger partial charge in [0.2, 0.25) is 0 Å². The van der Waals surface area contributed by atoms with Crippen molar-refractivity contribution in [2.75, 3.05) is 14.2 Å². The van der Waals surface area contributed by atoms with Crippen molar-refractivity contribution in [3.8, 4) is 17.1 Å². The van der Waals surface area contributed by atoms with Crippen LogP contribution in [0.2, 0.25) is 0 Å². The summed E-state index contributed by atoms with van der Waals surface area (Å²) in [7, 11) is 2.97. The van der Waals surface area contributed by atoms with Crippen molar-refractivity contribution in [3.05, 3.63) is 29.0 Å². The van der Waals surface area contributed by atoms with Crippen LogP contribution >= 0.6 is 12.2 Å². The van der Waals surface area contributed by atoms with Crippen LogP contribution in [0, 0.1) is 4.77 Å². The highest BCUT2D eigenvalue weighted by atomic mass is 32.1. The van der Waals surface area contributed by atoms with Crippen LogP contribution in [0.25, 0.3) is 11.4 Å². The minimum absolute atomic E-state index is 0.244. The predicted octanol–water partition coefficient (Wildman–Crippen LogP) is 2.18. The van der Waals surface area contributed by atoms with E-state index in [1.165, 1.54) is 7.11 Å². The number of nitrogens with one attached hydrogen (secondary N) is 1. The zero-order chi connectivity index (χ0) is 14.5. The van der Waals surface area contributed by atoms with Gasteiger partial charge in [0.25, 0.3) is 0 Å². The molecule has 7 heteroatoms. The van der Waals surface area contributed by atoms with Crippen molar-refractivity contribution in [1.82, 2.24) is 14.8 Å². The highest BCUT2D eigenvalue weighted by Crippen LogP contribution is 2.21. The SMILES string of the molecule is COC(=O)CCn1c(-c2ccc(OC)cc2)n[nH]c1=S. The lowest BCUT2D eigenvalue weighted by Crippen LogP contribution is -2.08. The highest BCUT2D eigenvalue weighted by Gasteiger charge is 2.10. The van der Waals surface area contributed by atoms with Crippen molar-refractivity contribution < 1.29 is 14.3 Å². The molecule has 6 nitrogen and oxygen atoms in total. The van der Waals surface area contributed by atoms with Gasteiger partial charge in [0.05, 0.1) is 20.6 Å². The van der Waals surface area contributed by atoms with Gasteiger partial charge >= 0.3 is 5.97 Å². The van der Waals surface area contributed by atoms with Crippen molar-refractivity contribution in [1.29, 1.82) is 0 Å². The van der Waals surface area contributed by atoms with E-state index in [1.807, 2.05) is 24.3 Å². The van der Waals surface area contributed by atoms with E-state index in [2.05, 4.69) is 14.9 Å². The van der Waals surface area contributed by atoms with Gasteiger partial charge in [0.1, 0.15) is 5.75 Å². The average molecular weight is 293 g/mol. The first kappa shape index (κ1) is 14.3. The standard InChI is InChI=1S/C13H15N3O3S/c1-18-10-5-3-9(4-6-10)12-14-15-13(20)16(12)8-7-11(17)19-2/h3-6H,7-8H2,1-2H3,(H,15,20). The van der Waals surface area contributed by atoms with E-state index in [1.54, 1.807) is 11.7 Å². The summed E-state index contributed by atoms with van der Waals surface area (Å²) in [5.74, 6) is 1.17. The molecule has 0 unspecified atom stereocenters. The fourth-order valence-corrected chi connectivity index (χ4v) is 2.01. The number of aromatic amines is 1. The van der Waals surface area contributed by atoms with Gasteiger partial charge in [-0.2, -0.15) is 5.10 Å². The maximum Gasteiger partial charge on any atom is 0.307 e. The first-order chi connectivity index (χ1) is 9.65. The smallest absolute Gasteiger partial charge is 0.307 e. The zero-order valence-corrected chi connectivity index (χ0v) is 12.1. The minimum Gasteiger partial charge on any atom is -0.497 e. The van der Waals surface area contributed by atoms with Crippen LogP contribution in [-0.4, -0.2) is 35.0 Å². The fraction of sp³-hybridized carbons (Fsp3) is 0.308. The number of aromatic nitrogens is 3. The van der Waals surface area contributed by atoms with E-state index in [0.29, 0.717) is 17.1 Å². The summed E-state index contributed by atoms with van der Waals surface area (Å²) < 4.78 is 12.0. The van der Waals surface area contributed by atoms with Gasteiger partial charge in [-0.25, -0.2) is 0 Å². The molecule has 0 aliphatic heterocycles. The molecule has 0 amide bonds. The van der Waals surface area contributed by atoms with Gasteiger partial charge in [-0.15, -0.1) is 0 Å². The third kappa shape index (κ3) is 3.05. The number of methoxy groups -OCH3 is 2. The van der Waals surface area contributed by atoms with Gasteiger partial charge < -0.3 is 9.47 Å². The Morgan fingerprint density at radius 2 is 2.05 bits per heavy atom. The average Bonchev–Trinajstić information content (AvgIpc) is 2.86. The van der Waals surface area contributed by atoms with Crippen LogP contribution in [0.1, 0.15) is 6.42 Å². The van der Waals surface area contributed by atoms with Crippen LogP contribution in [0.5, 0.6) is 5.75 Å². The lowest BCUT2D eigenvalue weighted by atomic mass is 10.2. The first-order valence-electron chi connectivity index (χ1n) is 6.02. The Labute approximate surface area is 121 Å². The number of carbonyl (C=O) groups is 1. The van der Waals surface area contributed by atoms with Crippen LogP contribution in [0.4, 0.5) is 0 Å². The number of benzene rings is 1. The van der Waals surface area contributed by atoms with E-state index < -0.39 is 0 Å². The Balaban J connectivity index is 2.27. The largest absolute Gasteiger partial charge is 0.497 e. The molecule has 0 radical (unpaired) electrons. The van der Waals surface area contributed by atoms with Gasteiger partial charge in [-0.3, -0.25) is 14.5 Å². The number of esters is 1. The highest BCUT2D eigenvalue weighted by molar-refractivity contribution is 7.71. The molecule has 2 aromatic rings. The summed E-state index contributed by atoms with van der Waals surface area (Å²) in [5, 5.41) is 6.94. The number of rotatable bonds is 5. The molecule has 0 aliphatic carbocycles. The topological polar surface area (TPSA) is 69.1 Å². The van der Waals surface area contributed by atoms with Crippen LogP contribution in [0.15, 0.2) is 24.3 Å². The summed E-state index contributed by atoms with van der Waals surface area (Å²) in [6.07, 6.45) is 0.244. The maximum absolute atomic E-state index is 11.2. The molecule has 0 saturated carbocycles. The number of carbonyl (C=O) groups excluding carboxylic acids is 1. The summed E-state index contributed by atoms with van der Waals surface area (Å²) >= 11 is 5.18. The molecule has 0 aliphatic rings. The van der Waals surface area contributed by atoms with Crippen LogP contribution < -0.4 is 4.74 Å². The lowest BCUT2D eigenvalue weighted by Gasteiger charge is -2.06. The second-order valence-electron chi connectivity index (χ2n) is 4.06. The Hall–Kier alpha value is -2.15. The van der Waals surface area contributed by atoms with Crippen molar-refractivity contribution >= 4 is 18.2 Å². The Kier molecular flexibility index (Phi) is 4.52. The second kappa shape index (κ2) is 6.33. The molecule has 0 atom stereocenters. The van der Waals surface area contributed by atoms with Crippen molar-refractivity contribution in [3.63, 3.8) is 0 Å². The number of H-pyrrole nitrogens is 1. The van der Waals surface area contributed by atoms with E-state index in [4.69, 9.17) is 17.0 Å². The lowest BCUT2D eigenvalue weighted by molar-refractivity contribution is -0.140. The van der Waals surface area contributed by atoms with Gasteiger partial charge in [0.15, 0.2) is 10.6 Å². The molecule has 0 fully saturated rings. The van der Waals surface area contributed by atoms with Gasteiger partial charge in [-0.05, 0) is 36.5 Å². The summed E-state index contributed by atoms with van der Waals surface area (Å²) in [4.78, 5) is 11.2. The molecule has 106 valence electrons. The number of hydrogen-bond donors (Lipinski definition) is 1. The molecule has 0 bridgehead atoms. The van der Waals surface area contributed by atoms with Crippen molar-refractivity contribution in [2.45, 2.75) is 13.0 Å². The molecule has 1 N–H and O–H groups in total. The quantitative estimate of drug-likeness (QED) is 0.676. The van der Waals surface area contributed by atoms with E-state index >= 15 is 0 Å². The molecule has 1 aromatic carbocycles. The van der Waals surface area contributed by atoms with E-state index in [-0.39, 0.29) is 12.4 Å². The molecule has 20 heavy (non-hydrogen) atoms. The Bertz CT molecular complexity index is 646. The Morgan fingerprint density at radius 1 is 1.35 bits per heavy atom. The monoisotopic (exact) mass is 293 g/mol. The van der Waals surface area contributed by atoms with E-state index in [9.17, 15) is 4.79 Å². The third-order valence-corrected chi connectivity index (χ3v) is 3.19. The van der Waals surface area contributed by atoms with Gasteiger partial charge in [0, 0.05) is 12.1 Å². The van der Waals surface area contributed by atoms with Gasteiger partial charge in [-0.1, -0.05) is 0 Å². The normalized spacial score (nSPS) is 10.3. The molecule has 0 spiro atoms. The fourth-order valence-electron chi connectivity index (χ4n) is 1.79. The summed E-state index contributed by atoms with van der Waals surface area (Å²) in [6, 6.07) is 7.46. The zero-order valence-electron chi connectivity index (χ0n) is 11.3. The molecule has 2 rings (SSSR count). The van der Waals surface area contributed by atoms with Crippen molar-refractivity contribution in [2.24, 2.45) is 0 Å². The number of nitrogens with zero attached hydrogens (tertiary/aromatic N) is 2. The number of ether oxygens (including phenoxy) is 2. The summed E-state index contributed by atoms with van der Waals surface area (Å²) in [5.41, 5.74) is 0.892. The first-order valence-corrected chi connectivity index (χ1v) is 6.43. The minimum atomic E-state index is -0.284. The molecular weight excluding hydrogens is 278 g/mol. The predicted molar refractivity (Wildman–Crippen MR) is 76.0 cm³/mol. The molecule has 1 aromatic heterocycles. The Morgan fingerprint density at radius 3 is 2.65 bits per heavy atom. The van der Waals surface area contributed by atoms with Crippen LogP contribution in [-0.2, 0) is 16.1 Å². The molecular formula is C13H15N3O3S.